The second-order valence-corrected chi connectivity index (χ2v) is 3.58. The lowest BCUT2D eigenvalue weighted by molar-refractivity contribution is 0.254. The predicted octanol–water partition coefficient (Wildman–Crippen LogP) is 3.66. The largest absolute Gasteiger partial charge is 0.513 e. The van der Waals surface area contributed by atoms with Crippen molar-refractivity contribution < 1.29 is 5.11 Å². The average Bonchev–Trinajstić information content (AvgIpc) is 2.00. The fraction of sp³-hybridized carbons (Fsp3) is 0.800. The first kappa shape index (κ1) is 10.5. The molecule has 0 rings (SSSR count). The Morgan fingerprint density at radius 1 is 1.36 bits per heavy atom. The van der Waals surface area contributed by atoms with Crippen molar-refractivity contribution in [3.63, 3.8) is 0 Å². The monoisotopic (exact) mass is 156 g/mol. The van der Waals surface area contributed by atoms with E-state index in [1.165, 1.54) is 12.8 Å². The fourth-order valence-corrected chi connectivity index (χ4v) is 1.05. The van der Waals surface area contributed by atoms with Gasteiger partial charge in [-0.15, -0.1) is 0 Å². The minimum absolute atomic E-state index is 0.318. The summed E-state index contributed by atoms with van der Waals surface area (Å²) in [5.74, 6) is 0.318. The highest BCUT2D eigenvalue weighted by Gasteiger charge is 2.18. The van der Waals surface area contributed by atoms with Crippen molar-refractivity contribution in [2.45, 2.75) is 46.5 Å². The van der Waals surface area contributed by atoms with Gasteiger partial charge in [-0.3, -0.25) is 0 Å². The van der Waals surface area contributed by atoms with Gasteiger partial charge in [0.25, 0.3) is 0 Å². The van der Waals surface area contributed by atoms with Crippen LogP contribution in [0.2, 0.25) is 0 Å². The van der Waals surface area contributed by atoms with Gasteiger partial charge in [0.2, 0.25) is 0 Å². The SMILES string of the molecule is C=C(O)CCC(C)(CC)CC. The van der Waals surface area contributed by atoms with Gasteiger partial charge in [-0.25, -0.2) is 0 Å². The van der Waals surface area contributed by atoms with E-state index in [1.807, 2.05) is 0 Å². The second kappa shape index (κ2) is 4.42. The summed E-state index contributed by atoms with van der Waals surface area (Å²) in [7, 11) is 0. The molecule has 0 aromatic carbocycles. The average molecular weight is 156 g/mol. The molecular formula is C10H20O. The van der Waals surface area contributed by atoms with E-state index in [0.717, 1.165) is 12.8 Å². The van der Waals surface area contributed by atoms with Crippen LogP contribution in [-0.4, -0.2) is 5.11 Å². The van der Waals surface area contributed by atoms with Gasteiger partial charge in [-0.1, -0.05) is 40.2 Å². The Balaban J connectivity index is 3.78. The van der Waals surface area contributed by atoms with Gasteiger partial charge in [-0.05, 0) is 11.8 Å². The van der Waals surface area contributed by atoms with Gasteiger partial charge in [0.05, 0.1) is 5.76 Å². The predicted molar refractivity (Wildman–Crippen MR) is 49.7 cm³/mol. The first-order valence-corrected chi connectivity index (χ1v) is 4.41. The molecular weight excluding hydrogens is 136 g/mol. The van der Waals surface area contributed by atoms with Gasteiger partial charge in [0.1, 0.15) is 0 Å². The van der Waals surface area contributed by atoms with E-state index in [9.17, 15) is 0 Å². The lowest BCUT2D eigenvalue weighted by atomic mass is 9.80. The van der Waals surface area contributed by atoms with Crippen LogP contribution in [0.25, 0.3) is 0 Å². The number of hydrogen-bond donors (Lipinski definition) is 1. The smallest absolute Gasteiger partial charge is 0.0851 e. The van der Waals surface area contributed by atoms with Gasteiger partial charge < -0.3 is 5.11 Å². The third kappa shape index (κ3) is 4.07. The molecule has 0 saturated heterocycles. The Morgan fingerprint density at radius 2 is 1.82 bits per heavy atom. The Morgan fingerprint density at radius 3 is 2.09 bits per heavy atom. The van der Waals surface area contributed by atoms with E-state index in [4.69, 9.17) is 5.11 Å². The van der Waals surface area contributed by atoms with Crippen molar-refractivity contribution in [3.05, 3.63) is 12.3 Å². The van der Waals surface area contributed by atoms with E-state index >= 15 is 0 Å². The number of hydrogen-bond acceptors (Lipinski definition) is 1. The number of aliphatic hydroxyl groups is 1. The van der Waals surface area contributed by atoms with Crippen LogP contribution in [0, 0.1) is 5.41 Å². The molecule has 0 spiro atoms. The molecule has 1 N–H and O–H groups in total. The summed E-state index contributed by atoms with van der Waals surface area (Å²) in [5, 5.41) is 8.91. The van der Waals surface area contributed by atoms with Crippen LogP contribution < -0.4 is 0 Å². The van der Waals surface area contributed by atoms with E-state index in [-0.39, 0.29) is 0 Å². The lowest BCUT2D eigenvalue weighted by Gasteiger charge is -2.26. The van der Waals surface area contributed by atoms with Crippen molar-refractivity contribution in [1.29, 1.82) is 0 Å². The second-order valence-electron chi connectivity index (χ2n) is 3.58. The van der Waals surface area contributed by atoms with Crippen molar-refractivity contribution in [2.24, 2.45) is 5.41 Å². The molecule has 0 aliphatic heterocycles. The molecule has 0 aliphatic carbocycles. The topological polar surface area (TPSA) is 20.2 Å². The highest BCUT2D eigenvalue weighted by atomic mass is 16.3. The zero-order valence-corrected chi connectivity index (χ0v) is 7.98. The van der Waals surface area contributed by atoms with Crippen LogP contribution in [0.4, 0.5) is 0 Å². The number of aliphatic hydroxyl groups excluding tert-OH is 1. The van der Waals surface area contributed by atoms with Gasteiger partial charge in [0, 0.05) is 6.42 Å². The molecule has 0 radical (unpaired) electrons. The third-order valence-electron chi connectivity index (χ3n) is 2.72. The first-order valence-electron chi connectivity index (χ1n) is 4.41. The standard InChI is InChI=1S/C10H20O/c1-5-10(4,6-2)8-7-9(3)11/h11H,3,5-8H2,1-2,4H3. The molecule has 1 heteroatoms. The highest BCUT2D eigenvalue weighted by molar-refractivity contribution is 4.83. The van der Waals surface area contributed by atoms with Gasteiger partial charge in [-0.2, -0.15) is 0 Å². The van der Waals surface area contributed by atoms with Crippen LogP contribution in [0.1, 0.15) is 46.5 Å². The molecule has 0 atom stereocenters. The van der Waals surface area contributed by atoms with Crippen molar-refractivity contribution in [1.82, 2.24) is 0 Å². The fourth-order valence-electron chi connectivity index (χ4n) is 1.05. The van der Waals surface area contributed by atoms with Crippen LogP contribution in [0.5, 0.6) is 0 Å². The number of allylic oxidation sites excluding steroid dienone is 1. The summed E-state index contributed by atoms with van der Waals surface area (Å²) in [5.41, 5.74) is 0.395. The number of rotatable bonds is 5. The minimum atomic E-state index is 0.318. The summed E-state index contributed by atoms with van der Waals surface area (Å²) in [6.45, 7) is 10.1. The minimum Gasteiger partial charge on any atom is -0.513 e. The molecule has 0 saturated carbocycles. The summed E-state index contributed by atoms with van der Waals surface area (Å²) in [6, 6.07) is 0. The van der Waals surface area contributed by atoms with Crippen molar-refractivity contribution in [2.75, 3.05) is 0 Å². The van der Waals surface area contributed by atoms with Gasteiger partial charge in [0.15, 0.2) is 0 Å². The quantitative estimate of drug-likeness (QED) is 0.602. The van der Waals surface area contributed by atoms with Crippen molar-refractivity contribution >= 4 is 0 Å². The molecule has 0 bridgehead atoms. The van der Waals surface area contributed by atoms with Crippen LogP contribution >= 0.6 is 0 Å². The Bertz CT molecular complexity index is 123. The summed E-state index contributed by atoms with van der Waals surface area (Å²) < 4.78 is 0. The van der Waals surface area contributed by atoms with E-state index in [1.54, 1.807) is 0 Å². The van der Waals surface area contributed by atoms with Crippen LogP contribution in [-0.2, 0) is 0 Å². The zero-order chi connectivity index (χ0) is 8.91. The normalized spacial score (nSPS) is 11.5. The van der Waals surface area contributed by atoms with E-state index in [0.29, 0.717) is 11.2 Å². The van der Waals surface area contributed by atoms with Gasteiger partial charge >= 0.3 is 0 Å². The molecule has 11 heavy (non-hydrogen) atoms. The highest BCUT2D eigenvalue weighted by Crippen LogP contribution is 2.31. The summed E-state index contributed by atoms with van der Waals surface area (Å²) >= 11 is 0. The molecule has 1 nitrogen and oxygen atoms in total. The molecule has 66 valence electrons. The Labute approximate surface area is 70.1 Å². The Hall–Kier alpha value is -0.460. The van der Waals surface area contributed by atoms with E-state index in [2.05, 4.69) is 27.4 Å². The molecule has 0 amide bonds. The summed E-state index contributed by atoms with van der Waals surface area (Å²) in [4.78, 5) is 0. The maximum atomic E-state index is 8.91. The molecule has 0 fully saturated rings. The molecule has 0 aliphatic rings. The lowest BCUT2D eigenvalue weighted by Crippen LogP contribution is -2.13. The first-order chi connectivity index (χ1) is 5.04. The molecule has 0 aromatic rings. The maximum Gasteiger partial charge on any atom is 0.0851 e. The maximum absolute atomic E-state index is 8.91. The van der Waals surface area contributed by atoms with E-state index < -0.39 is 0 Å². The molecule has 0 aromatic heterocycles. The van der Waals surface area contributed by atoms with Crippen molar-refractivity contribution in [3.8, 4) is 0 Å². The van der Waals surface area contributed by atoms with Crippen LogP contribution in [0.3, 0.4) is 0 Å². The molecule has 0 heterocycles. The Kier molecular flexibility index (Phi) is 4.24. The summed E-state index contributed by atoms with van der Waals surface area (Å²) in [6.07, 6.45) is 4.15. The third-order valence-corrected chi connectivity index (χ3v) is 2.72. The molecule has 0 unspecified atom stereocenters. The zero-order valence-electron chi connectivity index (χ0n) is 7.98. The van der Waals surface area contributed by atoms with Crippen LogP contribution in [0.15, 0.2) is 12.3 Å².